The molecule has 50 heavy (non-hydrogen) atoms. The van der Waals surface area contributed by atoms with Gasteiger partial charge in [-0.25, -0.2) is 9.59 Å². The fourth-order valence-electron chi connectivity index (χ4n) is 5.93. The Kier molecular flexibility index (Phi) is 12.6. The molecule has 1 aromatic carbocycles. The number of aromatic nitrogens is 2. The van der Waals surface area contributed by atoms with Crippen molar-refractivity contribution in [3.63, 3.8) is 0 Å². The van der Waals surface area contributed by atoms with E-state index in [0.717, 1.165) is 40.4 Å². The van der Waals surface area contributed by atoms with E-state index in [9.17, 15) is 22.8 Å². The first kappa shape index (κ1) is 38.1. The van der Waals surface area contributed by atoms with Gasteiger partial charge in [0.25, 0.3) is 15.7 Å². The van der Waals surface area contributed by atoms with Crippen LogP contribution in [0.4, 0.5) is 4.79 Å². The van der Waals surface area contributed by atoms with Gasteiger partial charge in [0.2, 0.25) is 0 Å². The molecular weight excluding hydrogens is 676 g/mol. The number of nitrogens with zero attached hydrogens (tertiary/aromatic N) is 2. The van der Waals surface area contributed by atoms with Gasteiger partial charge in [0, 0.05) is 25.0 Å². The summed E-state index contributed by atoms with van der Waals surface area (Å²) in [5.74, 6) is 0. The van der Waals surface area contributed by atoms with Crippen molar-refractivity contribution in [2.24, 2.45) is 0 Å². The van der Waals surface area contributed by atoms with Crippen molar-refractivity contribution < 1.29 is 50.6 Å². The second-order valence-corrected chi connectivity index (χ2v) is 15.3. The van der Waals surface area contributed by atoms with Crippen LogP contribution in [0, 0.1) is 13.8 Å². The van der Waals surface area contributed by atoms with Crippen LogP contribution in [-0.4, -0.2) is 86.6 Å². The van der Waals surface area contributed by atoms with Crippen molar-refractivity contribution in [3.8, 4) is 0 Å². The Balaban J connectivity index is 1.45. The number of carbonyl (C=O) groups excluding carboxylic acids is 1. The van der Waals surface area contributed by atoms with Gasteiger partial charge >= 0.3 is 11.8 Å². The highest BCUT2D eigenvalue weighted by Gasteiger charge is 2.51. The van der Waals surface area contributed by atoms with E-state index in [-0.39, 0.29) is 17.1 Å². The number of rotatable bonds is 12. The van der Waals surface area contributed by atoms with E-state index < -0.39 is 83.4 Å². The highest BCUT2D eigenvalue weighted by Crippen LogP contribution is 2.36. The quantitative estimate of drug-likeness (QED) is 0.230. The monoisotopic (exact) mass is 724 g/mol. The van der Waals surface area contributed by atoms with Gasteiger partial charge < -0.3 is 33.2 Å². The molecule has 3 aliphatic rings. The van der Waals surface area contributed by atoms with Crippen molar-refractivity contribution >= 4 is 16.3 Å². The summed E-state index contributed by atoms with van der Waals surface area (Å²) in [6.45, 7) is 8.52. The molecule has 0 amide bonds. The first-order valence-electron chi connectivity index (χ1n) is 17.1. The van der Waals surface area contributed by atoms with Crippen molar-refractivity contribution in [1.29, 1.82) is 0 Å². The van der Waals surface area contributed by atoms with Crippen LogP contribution in [0.15, 0.2) is 44.9 Å². The normalized spacial score (nSPS) is 26.1. The molecule has 6 atom stereocenters. The fourth-order valence-corrected chi connectivity index (χ4v) is 6.83. The van der Waals surface area contributed by atoms with Crippen LogP contribution in [-0.2, 0) is 54.0 Å². The number of ether oxygens (including phenoxy) is 7. The van der Waals surface area contributed by atoms with Gasteiger partial charge in [0.15, 0.2) is 24.9 Å². The molecule has 0 saturated carbocycles. The zero-order chi connectivity index (χ0) is 36.1. The van der Waals surface area contributed by atoms with Gasteiger partial charge in [-0.1, -0.05) is 17.7 Å². The summed E-state index contributed by atoms with van der Waals surface area (Å²) >= 11 is 0. The van der Waals surface area contributed by atoms with Crippen LogP contribution in [0.5, 0.6) is 0 Å². The van der Waals surface area contributed by atoms with Crippen LogP contribution in [0.3, 0.4) is 0 Å². The molecule has 0 bridgehead atoms. The van der Waals surface area contributed by atoms with Crippen LogP contribution >= 0.6 is 0 Å². The first-order valence-corrected chi connectivity index (χ1v) is 18.5. The number of carbonyl (C=O) groups is 1. The molecule has 16 heteroatoms. The molecule has 0 N–H and O–H groups in total. The average molecular weight is 725 g/mol. The van der Waals surface area contributed by atoms with Gasteiger partial charge in [0.1, 0.15) is 17.8 Å². The highest BCUT2D eigenvalue weighted by molar-refractivity contribution is 7.86. The molecule has 3 fully saturated rings. The number of hydrogen-bond acceptors (Lipinski definition) is 13. The minimum Gasteiger partial charge on any atom is -0.429 e. The van der Waals surface area contributed by atoms with E-state index in [4.69, 9.17) is 37.3 Å². The molecule has 3 saturated heterocycles. The maximum atomic E-state index is 14.0. The molecule has 0 aliphatic carbocycles. The lowest BCUT2D eigenvalue weighted by Gasteiger charge is -2.31. The van der Waals surface area contributed by atoms with Gasteiger partial charge in [-0.05, 0) is 85.3 Å². The lowest BCUT2D eigenvalue weighted by molar-refractivity contribution is -0.224. The molecular formula is C34H48N2O13S. The average Bonchev–Trinajstić information content (AvgIpc) is 3.39. The Morgan fingerprint density at radius 3 is 2.22 bits per heavy atom. The summed E-state index contributed by atoms with van der Waals surface area (Å²) in [5.41, 5.74) is -1.37. The Labute approximate surface area is 291 Å². The van der Waals surface area contributed by atoms with Crippen molar-refractivity contribution in [1.82, 2.24) is 9.13 Å². The smallest absolute Gasteiger partial charge is 0.429 e. The van der Waals surface area contributed by atoms with E-state index in [1.807, 2.05) is 6.92 Å². The zero-order valence-corrected chi connectivity index (χ0v) is 30.1. The largest absolute Gasteiger partial charge is 0.509 e. The van der Waals surface area contributed by atoms with Crippen LogP contribution in [0.1, 0.15) is 76.7 Å². The molecule has 2 aromatic rings. The van der Waals surface area contributed by atoms with Crippen LogP contribution in [0.2, 0.25) is 0 Å². The van der Waals surface area contributed by atoms with Gasteiger partial charge in [-0.2, -0.15) is 8.42 Å². The van der Waals surface area contributed by atoms with Crippen molar-refractivity contribution in [2.45, 2.75) is 127 Å². The summed E-state index contributed by atoms with van der Waals surface area (Å²) in [4.78, 5) is 40.3. The minimum absolute atomic E-state index is 0.0230. The molecule has 3 aliphatic heterocycles. The third-order valence-corrected chi connectivity index (χ3v) is 9.77. The van der Waals surface area contributed by atoms with Crippen molar-refractivity contribution in [2.75, 3.05) is 26.4 Å². The second kappa shape index (κ2) is 16.5. The Bertz CT molecular complexity index is 1670. The maximum absolute atomic E-state index is 14.0. The third-order valence-electron chi connectivity index (χ3n) is 8.44. The number of benzene rings is 1. The summed E-state index contributed by atoms with van der Waals surface area (Å²) in [7, 11) is -4.16. The van der Waals surface area contributed by atoms with E-state index in [0.29, 0.717) is 26.1 Å². The molecule has 3 unspecified atom stereocenters. The fraction of sp³-hybridized carbons (Fsp3) is 0.676. The SMILES string of the molecule is Cc1ccc(S(=O)(=O)OCCn2c(=O)c(C)cn([C@@H]3O[C@H](COC4CCCCO4)[C@H](OC4CCCCO4)C3OC(=O)OC(C)(C)C)c2=O)cc1. The zero-order valence-electron chi connectivity index (χ0n) is 29.2. The highest BCUT2D eigenvalue weighted by atomic mass is 32.2. The number of hydrogen-bond donors (Lipinski definition) is 0. The molecule has 1 aromatic heterocycles. The Morgan fingerprint density at radius 1 is 0.940 bits per heavy atom. The second-order valence-electron chi connectivity index (χ2n) is 13.7. The molecule has 5 rings (SSSR count). The van der Waals surface area contributed by atoms with Crippen molar-refractivity contribution in [3.05, 3.63) is 62.4 Å². The molecule has 4 heterocycles. The van der Waals surface area contributed by atoms with Gasteiger partial charge in [-0.15, -0.1) is 0 Å². The minimum atomic E-state index is -4.16. The number of aryl methyl sites for hydroxylation is 2. The standard InChI is InChI=1S/C34H48N2O13S/c1-22-12-14-24(15-13-22)50(40,41)45-19-16-35-30(37)23(2)20-36(32(35)38)31-29(48-33(39)49-34(3,4)5)28(47-27-11-7-9-18-43-27)25(46-31)21-44-26-10-6-8-17-42-26/h12-15,20,25-29,31H,6-11,16-19,21H2,1-5H3/t25-,26?,27?,28+,29?,31-/m1/s1. The van der Waals surface area contributed by atoms with Gasteiger partial charge in [-0.3, -0.25) is 18.1 Å². The van der Waals surface area contributed by atoms with Crippen LogP contribution < -0.4 is 11.2 Å². The van der Waals surface area contributed by atoms with Crippen LogP contribution in [0.25, 0.3) is 0 Å². The lowest BCUT2D eigenvalue weighted by Crippen LogP contribution is -2.47. The van der Waals surface area contributed by atoms with E-state index in [2.05, 4.69) is 0 Å². The molecule has 278 valence electrons. The predicted octanol–water partition coefficient (Wildman–Crippen LogP) is 3.71. The Morgan fingerprint density at radius 2 is 1.60 bits per heavy atom. The lowest BCUT2D eigenvalue weighted by atomic mass is 10.1. The summed E-state index contributed by atoms with van der Waals surface area (Å²) < 4.78 is 74.6. The predicted molar refractivity (Wildman–Crippen MR) is 177 cm³/mol. The van der Waals surface area contributed by atoms with E-state index in [1.165, 1.54) is 25.3 Å². The third kappa shape index (κ3) is 9.80. The van der Waals surface area contributed by atoms with Gasteiger partial charge in [0.05, 0.1) is 24.7 Å². The van der Waals surface area contributed by atoms with E-state index in [1.54, 1.807) is 32.9 Å². The summed E-state index contributed by atoms with van der Waals surface area (Å²) in [5, 5.41) is 0. The maximum Gasteiger partial charge on any atom is 0.509 e. The van der Waals surface area contributed by atoms with E-state index >= 15 is 0 Å². The summed E-state index contributed by atoms with van der Waals surface area (Å²) in [6.07, 6.45) is -0.307. The molecule has 0 radical (unpaired) electrons. The topological polar surface area (TPSA) is 169 Å². The molecule has 15 nitrogen and oxygen atoms in total. The molecule has 0 spiro atoms. The summed E-state index contributed by atoms with van der Waals surface area (Å²) in [6, 6.07) is 6.09. The Hall–Kier alpha value is -3.12. The first-order chi connectivity index (χ1) is 23.7.